The lowest BCUT2D eigenvalue weighted by molar-refractivity contribution is -0.387. The molecule has 9 nitrogen and oxygen atoms in total. The molecular formula is C10H9N3O6S. The summed E-state index contributed by atoms with van der Waals surface area (Å²) in [7, 11) is -4.72. The minimum absolute atomic E-state index is 0.0854. The molecular weight excluding hydrogens is 290 g/mol. The number of benzene rings is 1. The van der Waals surface area contributed by atoms with Crippen molar-refractivity contribution in [2.24, 2.45) is 0 Å². The van der Waals surface area contributed by atoms with Crippen LogP contribution in [0.3, 0.4) is 0 Å². The molecule has 1 aromatic heterocycles. The Kier molecular flexibility index (Phi) is 3.19. The van der Waals surface area contributed by atoms with E-state index in [-0.39, 0.29) is 5.69 Å². The van der Waals surface area contributed by atoms with E-state index in [0.29, 0.717) is 5.69 Å². The summed E-state index contributed by atoms with van der Waals surface area (Å²) < 4.78 is 32.1. The predicted molar refractivity (Wildman–Crippen MR) is 67.6 cm³/mol. The maximum Gasteiger partial charge on any atom is 0.301 e. The van der Waals surface area contributed by atoms with Crippen molar-refractivity contribution >= 4 is 15.8 Å². The molecule has 2 rings (SSSR count). The zero-order valence-corrected chi connectivity index (χ0v) is 10.9. The van der Waals surface area contributed by atoms with Crippen LogP contribution < -0.4 is 5.56 Å². The third-order valence-corrected chi connectivity index (χ3v) is 3.42. The smallest absolute Gasteiger partial charge is 0.295 e. The minimum Gasteiger partial charge on any atom is -0.295 e. The lowest BCUT2D eigenvalue weighted by Gasteiger charge is -2.04. The Morgan fingerprint density at radius 1 is 1.35 bits per heavy atom. The van der Waals surface area contributed by atoms with Gasteiger partial charge in [-0.15, -0.1) is 0 Å². The maximum atomic E-state index is 11.6. The summed E-state index contributed by atoms with van der Waals surface area (Å²) in [6.07, 6.45) is 0. The van der Waals surface area contributed by atoms with Crippen molar-refractivity contribution in [1.82, 2.24) is 9.78 Å². The minimum atomic E-state index is -4.72. The quantitative estimate of drug-likeness (QED) is 0.484. The molecule has 0 unspecified atom stereocenters. The standard InChI is InChI=1S/C10H9N3O6S/c1-6-4-10(14)12(11-6)7-2-3-9(20(17,18)19)8(5-7)13(15)16/h2-5,11H,1H3,(H,17,18,19). The fourth-order valence-electron chi connectivity index (χ4n) is 1.71. The summed E-state index contributed by atoms with van der Waals surface area (Å²) in [6, 6.07) is 4.21. The van der Waals surface area contributed by atoms with Gasteiger partial charge in [0.05, 0.1) is 10.6 Å². The van der Waals surface area contributed by atoms with Crippen molar-refractivity contribution in [2.75, 3.05) is 0 Å². The lowest BCUT2D eigenvalue weighted by Crippen LogP contribution is -2.14. The second-order valence-corrected chi connectivity index (χ2v) is 5.39. The molecule has 2 N–H and O–H groups in total. The number of aryl methyl sites for hydroxylation is 1. The Bertz CT molecular complexity index is 848. The van der Waals surface area contributed by atoms with Gasteiger partial charge in [0, 0.05) is 17.8 Å². The predicted octanol–water partition coefficient (Wildman–Crippen LogP) is 0.629. The molecule has 0 amide bonds. The van der Waals surface area contributed by atoms with Crippen LogP contribution in [0.1, 0.15) is 5.69 Å². The number of aromatic nitrogens is 2. The number of hydrogen-bond donors (Lipinski definition) is 2. The molecule has 2 aromatic rings. The van der Waals surface area contributed by atoms with Gasteiger partial charge in [0.15, 0.2) is 4.90 Å². The number of nitro groups is 1. The zero-order valence-electron chi connectivity index (χ0n) is 10.1. The van der Waals surface area contributed by atoms with Gasteiger partial charge in [0.1, 0.15) is 0 Å². The van der Waals surface area contributed by atoms with Crippen molar-refractivity contribution < 1.29 is 17.9 Å². The van der Waals surface area contributed by atoms with E-state index in [4.69, 9.17) is 4.55 Å². The van der Waals surface area contributed by atoms with Crippen molar-refractivity contribution in [3.63, 3.8) is 0 Å². The summed E-state index contributed by atoms with van der Waals surface area (Å²) in [4.78, 5) is 20.7. The van der Waals surface area contributed by atoms with Crippen molar-refractivity contribution in [1.29, 1.82) is 0 Å². The van der Waals surface area contributed by atoms with Gasteiger partial charge < -0.3 is 0 Å². The molecule has 0 bridgehead atoms. The fourth-order valence-corrected chi connectivity index (χ4v) is 2.35. The summed E-state index contributed by atoms with van der Waals surface area (Å²) in [6.45, 7) is 1.62. The highest BCUT2D eigenvalue weighted by Crippen LogP contribution is 2.25. The Morgan fingerprint density at radius 2 is 2.00 bits per heavy atom. The molecule has 0 atom stereocenters. The van der Waals surface area contributed by atoms with Crippen LogP contribution in [0.25, 0.3) is 5.69 Å². The monoisotopic (exact) mass is 299 g/mol. The first kappa shape index (κ1) is 14.0. The molecule has 106 valence electrons. The molecule has 0 saturated carbocycles. The SMILES string of the molecule is Cc1cc(=O)n(-c2ccc(S(=O)(=O)O)c([N+](=O)[O-])c2)[nH]1. The van der Waals surface area contributed by atoms with E-state index in [2.05, 4.69) is 5.10 Å². The third-order valence-electron chi connectivity index (χ3n) is 2.52. The molecule has 20 heavy (non-hydrogen) atoms. The molecule has 1 aromatic carbocycles. The Morgan fingerprint density at radius 3 is 2.45 bits per heavy atom. The first-order chi connectivity index (χ1) is 9.20. The Labute approximate surface area is 112 Å². The van der Waals surface area contributed by atoms with Crippen LogP contribution in [0.4, 0.5) is 5.69 Å². The lowest BCUT2D eigenvalue weighted by atomic mass is 10.3. The highest BCUT2D eigenvalue weighted by molar-refractivity contribution is 7.86. The Balaban J connectivity index is 2.72. The molecule has 0 fully saturated rings. The van der Waals surface area contributed by atoms with Gasteiger partial charge in [-0.05, 0) is 19.1 Å². The van der Waals surface area contributed by atoms with Gasteiger partial charge in [-0.25, -0.2) is 4.68 Å². The molecule has 10 heteroatoms. The topological polar surface area (TPSA) is 135 Å². The Hall–Kier alpha value is -2.46. The molecule has 0 spiro atoms. The molecule has 0 aliphatic rings. The van der Waals surface area contributed by atoms with Gasteiger partial charge in [0.2, 0.25) is 0 Å². The van der Waals surface area contributed by atoms with E-state index in [9.17, 15) is 23.3 Å². The van der Waals surface area contributed by atoms with E-state index < -0.39 is 31.2 Å². The van der Waals surface area contributed by atoms with Crippen LogP contribution in [0.2, 0.25) is 0 Å². The number of hydrogen-bond acceptors (Lipinski definition) is 5. The van der Waals surface area contributed by atoms with Crippen molar-refractivity contribution in [2.45, 2.75) is 11.8 Å². The zero-order chi connectivity index (χ0) is 15.1. The number of nitro benzene ring substituents is 1. The number of H-pyrrole nitrogens is 1. The summed E-state index contributed by atoms with van der Waals surface area (Å²) in [5.74, 6) is 0. The van der Waals surface area contributed by atoms with Gasteiger partial charge >= 0.3 is 10.1 Å². The summed E-state index contributed by atoms with van der Waals surface area (Å²) >= 11 is 0. The molecule has 0 saturated heterocycles. The highest BCUT2D eigenvalue weighted by Gasteiger charge is 2.24. The van der Waals surface area contributed by atoms with Crippen LogP contribution in [0, 0.1) is 17.0 Å². The van der Waals surface area contributed by atoms with Crippen LogP contribution >= 0.6 is 0 Å². The normalized spacial score (nSPS) is 11.5. The van der Waals surface area contributed by atoms with Gasteiger partial charge in [-0.1, -0.05) is 0 Å². The van der Waals surface area contributed by atoms with Gasteiger partial charge in [0.25, 0.3) is 11.2 Å². The molecule has 0 radical (unpaired) electrons. The fraction of sp³-hybridized carbons (Fsp3) is 0.100. The maximum absolute atomic E-state index is 11.6. The van der Waals surface area contributed by atoms with E-state index in [1.807, 2.05) is 0 Å². The van der Waals surface area contributed by atoms with Crippen molar-refractivity contribution in [3.8, 4) is 5.69 Å². The third kappa shape index (κ3) is 2.46. The highest BCUT2D eigenvalue weighted by atomic mass is 32.2. The van der Waals surface area contributed by atoms with Gasteiger partial charge in [-0.2, -0.15) is 8.42 Å². The second-order valence-electron chi connectivity index (χ2n) is 4.00. The van der Waals surface area contributed by atoms with E-state index in [1.54, 1.807) is 6.92 Å². The number of aromatic amines is 1. The van der Waals surface area contributed by atoms with E-state index in [0.717, 1.165) is 16.8 Å². The number of nitrogens with one attached hydrogen (secondary N) is 1. The van der Waals surface area contributed by atoms with Crippen LogP contribution in [0.5, 0.6) is 0 Å². The molecule has 0 aliphatic heterocycles. The van der Waals surface area contributed by atoms with Crippen molar-refractivity contribution in [3.05, 3.63) is 50.4 Å². The average molecular weight is 299 g/mol. The largest absolute Gasteiger partial charge is 0.301 e. The number of nitrogens with zero attached hydrogens (tertiary/aromatic N) is 2. The van der Waals surface area contributed by atoms with Gasteiger partial charge in [-0.3, -0.25) is 24.6 Å². The second kappa shape index (κ2) is 4.58. The number of rotatable bonds is 3. The summed E-state index contributed by atoms with van der Waals surface area (Å²) in [5, 5.41) is 13.5. The van der Waals surface area contributed by atoms with E-state index in [1.165, 1.54) is 12.1 Å². The molecule has 1 heterocycles. The summed E-state index contributed by atoms with van der Waals surface area (Å²) in [5.41, 5.74) is -0.640. The van der Waals surface area contributed by atoms with Crippen LogP contribution in [-0.2, 0) is 10.1 Å². The first-order valence-electron chi connectivity index (χ1n) is 5.25. The van der Waals surface area contributed by atoms with Crippen LogP contribution in [0.15, 0.2) is 34.0 Å². The van der Waals surface area contributed by atoms with E-state index >= 15 is 0 Å². The van der Waals surface area contributed by atoms with Crippen LogP contribution in [-0.4, -0.2) is 27.7 Å². The first-order valence-corrected chi connectivity index (χ1v) is 6.69. The average Bonchev–Trinajstić information content (AvgIpc) is 2.66. The molecule has 0 aliphatic carbocycles.